The summed E-state index contributed by atoms with van der Waals surface area (Å²) in [5.74, 6) is -0.342. The predicted octanol–water partition coefficient (Wildman–Crippen LogP) is 2.79. The second kappa shape index (κ2) is 6.00. The molecule has 0 saturated heterocycles. The average Bonchev–Trinajstić information content (AvgIpc) is 2.46. The van der Waals surface area contributed by atoms with Crippen LogP contribution < -0.4 is 5.32 Å². The van der Waals surface area contributed by atoms with Crippen LogP contribution in [0.5, 0.6) is 0 Å². The molecule has 0 fully saturated rings. The molecule has 2 rings (SSSR count). The van der Waals surface area contributed by atoms with E-state index < -0.39 is 0 Å². The Labute approximate surface area is 112 Å². The third-order valence-electron chi connectivity index (χ3n) is 2.95. The number of rotatable bonds is 4. The van der Waals surface area contributed by atoms with Crippen LogP contribution in [0.4, 0.5) is 5.69 Å². The van der Waals surface area contributed by atoms with E-state index in [1.54, 1.807) is 12.3 Å². The fourth-order valence-corrected chi connectivity index (χ4v) is 1.80. The van der Waals surface area contributed by atoms with Crippen LogP contribution >= 0.6 is 0 Å². The minimum absolute atomic E-state index is 0.342. The van der Waals surface area contributed by atoms with Gasteiger partial charge in [-0.3, -0.25) is 4.98 Å². The number of anilines is 1. The first kappa shape index (κ1) is 13.1. The molecule has 0 aliphatic heterocycles. The van der Waals surface area contributed by atoms with Crippen LogP contribution in [0.15, 0.2) is 42.7 Å². The fraction of sp³-hybridized carbons (Fsp3) is 0.200. The van der Waals surface area contributed by atoms with Crippen LogP contribution in [0.25, 0.3) is 0 Å². The van der Waals surface area contributed by atoms with Gasteiger partial charge in [-0.2, -0.15) is 0 Å². The van der Waals surface area contributed by atoms with Crippen molar-refractivity contribution in [3.05, 3.63) is 59.4 Å². The van der Waals surface area contributed by atoms with Crippen molar-refractivity contribution in [2.45, 2.75) is 13.5 Å². The van der Waals surface area contributed by atoms with Gasteiger partial charge in [0, 0.05) is 24.6 Å². The molecule has 0 amide bonds. The minimum atomic E-state index is -0.342. The van der Waals surface area contributed by atoms with Gasteiger partial charge in [0.2, 0.25) is 0 Å². The first-order valence-electron chi connectivity index (χ1n) is 6.03. The molecular weight excluding hydrogens is 240 g/mol. The van der Waals surface area contributed by atoms with Crippen LogP contribution in [0, 0.1) is 6.92 Å². The number of esters is 1. The Bertz CT molecular complexity index is 582. The molecule has 4 heteroatoms. The molecule has 0 saturated carbocycles. The number of carbonyl (C=O) groups is 1. The van der Waals surface area contributed by atoms with E-state index in [0.717, 1.165) is 16.8 Å². The van der Waals surface area contributed by atoms with Crippen molar-refractivity contribution in [2.24, 2.45) is 0 Å². The molecule has 98 valence electrons. The molecule has 1 aromatic heterocycles. The van der Waals surface area contributed by atoms with Crippen molar-refractivity contribution in [1.82, 2.24) is 4.98 Å². The molecule has 2 aromatic rings. The predicted molar refractivity (Wildman–Crippen MR) is 74.1 cm³/mol. The number of nitrogens with zero attached hydrogens (tertiary/aromatic N) is 1. The minimum Gasteiger partial charge on any atom is -0.465 e. The van der Waals surface area contributed by atoms with E-state index >= 15 is 0 Å². The second-order valence-electron chi connectivity index (χ2n) is 4.19. The van der Waals surface area contributed by atoms with E-state index in [-0.39, 0.29) is 5.97 Å². The number of nitrogens with one attached hydrogen (secondary N) is 1. The number of hydrogen-bond donors (Lipinski definition) is 1. The molecule has 0 aliphatic rings. The van der Waals surface area contributed by atoms with Gasteiger partial charge < -0.3 is 10.1 Å². The molecular formula is C15H16N2O2. The molecule has 0 radical (unpaired) electrons. The Morgan fingerprint density at radius 2 is 2.11 bits per heavy atom. The molecule has 0 aliphatic carbocycles. The van der Waals surface area contributed by atoms with Gasteiger partial charge >= 0.3 is 5.97 Å². The van der Waals surface area contributed by atoms with Crippen LogP contribution in [-0.2, 0) is 11.3 Å². The van der Waals surface area contributed by atoms with Crippen molar-refractivity contribution >= 4 is 11.7 Å². The molecule has 1 N–H and O–H groups in total. The largest absolute Gasteiger partial charge is 0.465 e. The highest BCUT2D eigenvalue weighted by Crippen LogP contribution is 2.17. The number of aryl methyl sites for hydroxylation is 1. The zero-order chi connectivity index (χ0) is 13.7. The summed E-state index contributed by atoms with van der Waals surface area (Å²) in [7, 11) is 1.38. The van der Waals surface area contributed by atoms with Gasteiger partial charge in [0.25, 0.3) is 0 Å². The van der Waals surface area contributed by atoms with Gasteiger partial charge in [0.1, 0.15) is 0 Å². The average molecular weight is 256 g/mol. The molecule has 0 bridgehead atoms. The number of ether oxygens (including phenoxy) is 1. The molecule has 4 nitrogen and oxygen atoms in total. The zero-order valence-electron chi connectivity index (χ0n) is 11.0. The maximum Gasteiger partial charge on any atom is 0.339 e. The van der Waals surface area contributed by atoms with Crippen molar-refractivity contribution in [3.63, 3.8) is 0 Å². The van der Waals surface area contributed by atoms with Crippen molar-refractivity contribution in [3.8, 4) is 0 Å². The summed E-state index contributed by atoms with van der Waals surface area (Å²) in [6.07, 6.45) is 3.59. The summed E-state index contributed by atoms with van der Waals surface area (Å²) in [6, 6.07) is 9.25. The quantitative estimate of drug-likeness (QED) is 0.855. The number of hydrogen-bond acceptors (Lipinski definition) is 4. The van der Waals surface area contributed by atoms with Crippen LogP contribution in [-0.4, -0.2) is 18.1 Å². The summed E-state index contributed by atoms with van der Waals surface area (Å²) < 4.78 is 4.76. The molecule has 1 aromatic carbocycles. The van der Waals surface area contributed by atoms with E-state index in [0.29, 0.717) is 12.1 Å². The smallest absolute Gasteiger partial charge is 0.339 e. The van der Waals surface area contributed by atoms with Crippen molar-refractivity contribution < 1.29 is 9.53 Å². The standard InChI is InChI=1S/C15H16N2O2/c1-11-7-8-16-9-12(11)10-17-14-6-4-3-5-13(14)15(18)19-2/h3-9,17H,10H2,1-2H3. The Hall–Kier alpha value is -2.36. The highest BCUT2D eigenvalue weighted by molar-refractivity contribution is 5.95. The Morgan fingerprint density at radius 3 is 2.84 bits per heavy atom. The normalized spacial score (nSPS) is 10.0. The number of methoxy groups -OCH3 is 1. The van der Waals surface area contributed by atoms with E-state index in [1.807, 2.05) is 37.4 Å². The van der Waals surface area contributed by atoms with Gasteiger partial charge in [0.05, 0.1) is 12.7 Å². The fourth-order valence-electron chi connectivity index (χ4n) is 1.80. The zero-order valence-corrected chi connectivity index (χ0v) is 11.0. The SMILES string of the molecule is COC(=O)c1ccccc1NCc1cnccc1C. The van der Waals surface area contributed by atoms with Gasteiger partial charge in [-0.1, -0.05) is 12.1 Å². The Morgan fingerprint density at radius 1 is 1.32 bits per heavy atom. The van der Waals surface area contributed by atoms with E-state index in [9.17, 15) is 4.79 Å². The highest BCUT2D eigenvalue weighted by Gasteiger charge is 2.10. The summed E-state index contributed by atoms with van der Waals surface area (Å²) in [5, 5.41) is 3.24. The third-order valence-corrected chi connectivity index (χ3v) is 2.95. The first-order valence-corrected chi connectivity index (χ1v) is 6.03. The van der Waals surface area contributed by atoms with E-state index in [1.165, 1.54) is 7.11 Å². The van der Waals surface area contributed by atoms with Crippen LogP contribution in [0.2, 0.25) is 0 Å². The van der Waals surface area contributed by atoms with Gasteiger partial charge in [0.15, 0.2) is 0 Å². The van der Waals surface area contributed by atoms with Gasteiger partial charge in [-0.05, 0) is 36.2 Å². The molecule has 0 spiro atoms. The third kappa shape index (κ3) is 3.10. The number of pyridine rings is 1. The molecule has 1 heterocycles. The monoisotopic (exact) mass is 256 g/mol. The molecule has 19 heavy (non-hydrogen) atoms. The highest BCUT2D eigenvalue weighted by atomic mass is 16.5. The lowest BCUT2D eigenvalue weighted by Crippen LogP contribution is -2.08. The maximum atomic E-state index is 11.6. The van der Waals surface area contributed by atoms with Gasteiger partial charge in [-0.25, -0.2) is 4.79 Å². The topological polar surface area (TPSA) is 51.2 Å². The maximum absolute atomic E-state index is 11.6. The lowest BCUT2D eigenvalue weighted by molar-refractivity contribution is 0.0602. The van der Waals surface area contributed by atoms with E-state index in [4.69, 9.17) is 4.74 Å². The summed E-state index contributed by atoms with van der Waals surface area (Å²) in [4.78, 5) is 15.7. The summed E-state index contributed by atoms with van der Waals surface area (Å²) in [6.45, 7) is 2.65. The van der Waals surface area contributed by atoms with Gasteiger partial charge in [-0.15, -0.1) is 0 Å². The molecule has 0 atom stereocenters. The van der Waals surface area contributed by atoms with Crippen LogP contribution in [0.3, 0.4) is 0 Å². The number of carbonyl (C=O) groups excluding carboxylic acids is 1. The lowest BCUT2D eigenvalue weighted by atomic mass is 10.1. The summed E-state index contributed by atoms with van der Waals surface area (Å²) in [5.41, 5.74) is 3.56. The number of aromatic nitrogens is 1. The first-order chi connectivity index (χ1) is 9.22. The number of benzene rings is 1. The van der Waals surface area contributed by atoms with Crippen molar-refractivity contribution in [1.29, 1.82) is 0 Å². The number of para-hydroxylation sites is 1. The molecule has 0 unspecified atom stereocenters. The second-order valence-corrected chi connectivity index (χ2v) is 4.19. The lowest BCUT2D eigenvalue weighted by Gasteiger charge is -2.11. The Kier molecular flexibility index (Phi) is 4.13. The van der Waals surface area contributed by atoms with E-state index in [2.05, 4.69) is 10.3 Å². The Balaban J connectivity index is 2.16. The summed E-state index contributed by atoms with van der Waals surface area (Å²) >= 11 is 0. The van der Waals surface area contributed by atoms with Crippen molar-refractivity contribution in [2.75, 3.05) is 12.4 Å². The van der Waals surface area contributed by atoms with Crippen LogP contribution in [0.1, 0.15) is 21.5 Å².